The number of fused-ring (bicyclic) bond motifs is 1. The molecule has 30 heavy (non-hydrogen) atoms. The predicted octanol–water partition coefficient (Wildman–Crippen LogP) is 5.00. The number of hydrogen-bond donors (Lipinski definition) is 1. The molecule has 4 rings (SSSR count). The molecule has 0 spiro atoms. The fourth-order valence-corrected chi connectivity index (χ4v) is 3.46. The Morgan fingerprint density at radius 1 is 1.30 bits per heavy atom. The minimum absolute atomic E-state index is 0.0132. The van der Waals surface area contributed by atoms with E-state index in [1.807, 2.05) is 48.5 Å². The first-order valence-electron chi connectivity index (χ1n) is 9.28. The average Bonchev–Trinajstić information content (AvgIpc) is 3.28. The molecular weight excluding hydrogens is 390 g/mol. The molecule has 0 saturated heterocycles. The summed E-state index contributed by atoms with van der Waals surface area (Å²) >= 11 is 0. The van der Waals surface area contributed by atoms with Crippen LogP contribution in [0, 0.1) is 0 Å². The molecule has 8 heteroatoms. The maximum atomic E-state index is 12.7. The SMILES string of the molecule is C=Nc1nc(-c2ccc3c(c2)OC[C@@H]3N)c(-c2ccccc2)n1/C=C(\C)OC(F)F. The van der Waals surface area contributed by atoms with Gasteiger partial charge >= 0.3 is 6.61 Å². The largest absolute Gasteiger partial charge is 0.491 e. The number of ether oxygens (including phenoxy) is 2. The molecule has 2 N–H and O–H groups in total. The van der Waals surface area contributed by atoms with E-state index in [4.69, 9.17) is 10.5 Å². The maximum Gasteiger partial charge on any atom is 0.387 e. The van der Waals surface area contributed by atoms with Crippen molar-refractivity contribution in [2.75, 3.05) is 6.61 Å². The molecule has 6 nitrogen and oxygen atoms in total. The van der Waals surface area contributed by atoms with E-state index in [1.165, 1.54) is 13.1 Å². The molecule has 0 bridgehead atoms. The van der Waals surface area contributed by atoms with Gasteiger partial charge in [0.1, 0.15) is 18.1 Å². The Kier molecular flexibility index (Phi) is 5.33. The molecule has 1 aliphatic heterocycles. The molecule has 154 valence electrons. The smallest absolute Gasteiger partial charge is 0.387 e. The van der Waals surface area contributed by atoms with Crippen molar-refractivity contribution in [2.45, 2.75) is 19.6 Å². The molecule has 2 heterocycles. The van der Waals surface area contributed by atoms with E-state index in [9.17, 15) is 8.78 Å². The first kappa shape index (κ1) is 19.8. The minimum atomic E-state index is -2.93. The van der Waals surface area contributed by atoms with E-state index >= 15 is 0 Å². The van der Waals surface area contributed by atoms with Crippen LogP contribution in [0.4, 0.5) is 14.7 Å². The van der Waals surface area contributed by atoms with E-state index in [2.05, 4.69) is 21.4 Å². The Balaban J connectivity index is 1.92. The Morgan fingerprint density at radius 2 is 2.07 bits per heavy atom. The topological polar surface area (TPSA) is 74.7 Å². The monoisotopic (exact) mass is 410 g/mol. The van der Waals surface area contributed by atoms with E-state index in [-0.39, 0.29) is 17.7 Å². The lowest BCUT2D eigenvalue weighted by molar-refractivity contribution is -0.0945. The van der Waals surface area contributed by atoms with Crippen LogP contribution in [0.3, 0.4) is 0 Å². The predicted molar refractivity (Wildman–Crippen MR) is 112 cm³/mol. The number of halogens is 2. The molecule has 1 atom stereocenters. The van der Waals surface area contributed by atoms with E-state index in [0.29, 0.717) is 23.7 Å². The molecule has 0 amide bonds. The standard InChI is InChI=1S/C22H20F2N4O2/c1-13(30-21(23)24)11-28-20(14-6-4-3-5-7-14)19(27-22(28)26-2)15-8-9-16-17(25)12-29-18(16)10-15/h3-11,17,21H,2,12,25H2,1H3/b13-11+/t17-/m0/s1. The zero-order chi connectivity index (χ0) is 21.3. The van der Waals surface area contributed by atoms with Gasteiger partial charge in [0, 0.05) is 16.7 Å². The van der Waals surface area contributed by atoms with E-state index < -0.39 is 6.61 Å². The lowest BCUT2D eigenvalue weighted by Crippen LogP contribution is -2.10. The second-order valence-corrected chi connectivity index (χ2v) is 6.79. The Labute approximate surface area is 172 Å². The molecule has 3 aromatic rings. The van der Waals surface area contributed by atoms with Gasteiger partial charge in [-0.05, 0) is 19.7 Å². The molecule has 0 radical (unpaired) electrons. The number of aliphatic imine (C=N–C) groups is 1. The highest BCUT2D eigenvalue weighted by atomic mass is 19.3. The lowest BCUT2D eigenvalue weighted by atomic mass is 10.0. The first-order valence-corrected chi connectivity index (χ1v) is 9.28. The summed E-state index contributed by atoms with van der Waals surface area (Å²) in [5.74, 6) is 0.966. The van der Waals surface area contributed by atoms with Crippen molar-refractivity contribution >= 4 is 18.9 Å². The highest BCUT2D eigenvalue weighted by Gasteiger charge is 2.24. The van der Waals surface area contributed by atoms with Crippen LogP contribution in [-0.2, 0) is 4.74 Å². The first-order chi connectivity index (χ1) is 14.5. The molecular formula is C22H20F2N4O2. The summed E-state index contributed by atoms with van der Waals surface area (Å²) in [7, 11) is 0. The highest BCUT2D eigenvalue weighted by Crippen LogP contribution is 2.40. The van der Waals surface area contributed by atoms with Crippen molar-refractivity contribution < 1.29 is 18.3 Å². The van der Waals surface area contributed by atoms with Crippen molar-refractivity contribution in [1.82, 2.24) is 9.55 Å². The van der Waals surface area contributed by atoms with Crippen LogP contribution >= 0.6 is 0 Å². The number of rotatable bonds is 6. The summed E-state index contributed by atoms with van der Waals surface area (Å²) in [4.78, 5) is 8.59. The van der Waals surface area contributed by atoms with Gasteiger partial charge in [-0.15, -0.1) is 0 Å². The van der Waals surface area contributed by atoms with Crippen LogP contribution in [0.15, 0.2) is 59.3 Å². The molecule has 0 aliphatic carbocycles. The summed E-state index contributed by atoms with van der Waals surface area (Å²) in [5, 5.41) is 0. The Bertz CT molecular complexity index is 1110. The Morgan fingerprint density at radius 3 is 2.77 bits per heavy atom. The van der Waals surface area contributed by atoms with E-state index in [1.54, 1.807) is 4.57 Å². The van der Waals surface area contributed by atoms with Gasteiger partial charge < -0.3 is 15.2 Å². The molecule has 1 aromatic heterocycles. The van der Waals surface area contributed by atoms with Crippen molar-refractivity contribution in [3.8, 4) is 28.3 Å². The number of hydrogen-bond acceptors (Lipinski definition) is 5. The second-order valence-electron chi connectivity index (χ2n) is 6.79. The summed E-state index contributed by atoms with van der Waals surface area (Å²) < 4.78 is 37.1. The van der Waals surface area contributed by atoms with Crippen LogP contribution in [0.5, 0.6) is 5.75 Å². The fraction of sp³-hybridized carbons (Fsp3) is 0.182. The summed E-state index contributed by atoms with van der Waals surface area (Å²) in [6, 6.07) is 15.0. The van der Waals surface area contributed by atoms with Gasteiger partial charge in [0.2, 0.25) is 5.95 Å². The summed E-state index contributed by atoms with van der Waals surface area (Å²) in [6.07, 6.45) is 1.43. The van der Waals surface area contributed by atoms with Gasteiger partial charge in [-0.1, -0.05) is 42.5 Å². The minimum Gasteiger partial charge on any atom is -0.491 e. The molecule has 0 fully saturated rings. The molecule has 0 unspecified atom stereocenters. The van der Waals surface area contributed by atoms with Crippen LogP contribution in [0.25, 0.3) is 28.7 Å². The molecule has 0 saturated carbocycles. The zero-order valence-corrected chi connectivity index (χ0v) is 16.3. The third-order valence-electron chi connectivity index (χ3n) is 4.77. The van der Waals surface area contributed by atoms with Crippen LogP contribution in [0.2, 0.25) is 0 Å². The number of aromatic nitrogens is 2. The van der Waals surface area contributed by atoms with Gasteiger partial charge in [-0.3, -0.25) is 4.57 Å². The second kappa shape index (κ2) is 8.08. The molecule has 1 aliphatic rings. The Hall–Kier alpha value is -3.52. The van der Waals surface area contributed by atoms with Crippen molar-refractivity contribution in [2.24, 2.45) is 10.7 Å². The number of nitrogens with two attached hydrogens (primary N) is 1. The number of imidazole rings is 1. The quantitative estimate of drug-likeness (QED) is 0.458. The van der Waals surface area contributed by atoms with E-state index in [0.717, 1.165) is 16.7 Å². The number of alkyl halides is 2. The normalized spacial score (nSPS) is 15.8. The highest BCUT2D eigenvalue weighted by molar-refractivity contribution is 5.83. The van der Waals surface area contributed by atoms with Gasteiger partial charge in [-0.2, -0.15) is 8.78 Å². The van der Waals surface area contributed by atoms with Gasteiger partial charge in [0.15, 0.2) is 0 Å². The summed E-state index contributed by atoms with van der Waals surface area (Å²) in [5.41, 5.74) is 9.87. The van der Waals surface area contributed by atoms with Crippen LogP contribution in [-0.4, -0.2) is 29.5 Å². The van der Waals surface area contributed by atoms with Gasteiger partial charge in [0.05, 0.1) is 23.6 Å². The molecule has 2 aromatic carbocycles. The average molecular weight is 410 g/mol. The van der Waals surface area contributed by atoms with Crippen LogP contribution < -0.4 is 10.5 Å². The number of allylic oxidation sites excluding steroid dienone is 1. The third-order valence-corrected chi connectivity index (χ3v) is 4.77. The number of benzene rings is 2. The lowest BCUT2D eigenvalue weighted by Gasteiger charge is -2.10. The maximum absolute atomic E-state index is 12.7. The van der Waals surface area contributed by atoms with Gasteiger partial charge in [0.25, 0.3) is 0 Å². The van der Waals surface area contributed by atoms with Crippen molar-refractivity contribution in [3.05, 3.63) is 59.9 Å². The van der Waals surface area contributed by atoms with Crippen molar-refractivity contribution in [1.29, 1.82) is 0 Å². The van der Waals surface area contributed by atoms with Crippen LogP contribution in [0.1, 0.15) is 18.5 Å². The van der Waals surface area contributed by atoms with Gasteiger partial charge in [-0.25, -0.2) is 9.98 Å². The third kappa shape index (κ3) is 3.69. The number of nitrogens with zero attached hydrogens (tertiary/aromatic N) is 3. The fourth-order valence-electron chi connectivity index (χ4n) is 3.46. The zero-order valence-electron chi connectivity index (χ0n) is 16.3. The summed E-state index contributed by atoms with van der Waals surface area (Å²) in [6.45, 7) is 2.51. The van der Waals surface area contributed by atoms with Crippen molar-refractivity contribution in [3.63, 3.8) is 0 Å².